The summed E-state index contributed by atoms with van der Waals surface area (Å²) in [6.07, 6.45) is 20.2. The topological polar surface area (TPSA) is 120 Å². The Bertz CT molecular complexity index is 576. The van der Waals surface area contributed by atoms with Gasteiger partial charge >= 0.3 is 40.8 Å². The molecule has 253 valence electrons. The van der Waals surface area contributed by atoms with E-state index in [1.165, 1.54) is 38.5 Å². The van der Waals surface area contributed by atoms with E-state index in [1.807, 2.05) is 41.5 Å². The minimum Gasteiger partial charge on any atom is -0.550 e. The van der Waals surface area contributed by atoms with Crippen LogP contribution in [0.1, 0.15) is 197 Å². The molecular weight excluding hydrogens is 673 g/mol. The number of carbonyl (C=O) groups excluding carboxylic acids is 3. The molecule has 0 aromatic rings. The minimum atomic E-state index is -0.862. The Morgan fingerprint density at radius 2 is 0.558 bits per heavy atom. The van der Waals surface area contributed by atoms with Crippen molar-refractivity contribution < 1.29 is 70.5 Å². The SMILES string of the molecule is CCCCCCC(CC)(CC)C(=O)[O-].CCCCCCC(CC)(CC)C(=O)[O-].CCCCCCC(CC)(CC)C(=O)[O-].[Nd+3]. The Balaban J connectivity index is -0.000000262. The molecule has 7 heteroatoms. The van der Waals surface area contributed by atoms with Gasteiger partial charge in [0.2, 0.25) is 0 Å². The Labute approximate surface area is 299 Å². The summed E-state index contributed by atoms with van der Waals surface area (Å²) in [6.45, 7) is 18.1. The third-order valence-corrected chi connectivity index (χ3v) is 9.89. The maximum absolute atomic E-state index is 11.0. The van der Waals surface area contributed by atoms with E-state index in [9.17, 15) is 29.7 Å². The molecule has 0 heterocycles. The van der Waals surface area contributed by atoms with Gasteiger partial charge < -0.3 is 29.7 Å². The van der Waals surface area contributed by atoms with Crippen molar-refractivity contribution in [2.75, 3.05) is 0 Å². The molecule has 0 rings (SSSR count). The van der Waals surface area contributed by atoms with Crippen LogP contribution >= 0.6 is 0 Å². The summed E-state index contributed by atoms with van der Waals surface area (Å²) < 4.78 is 0. The summed E-state index contributed by atoms with van der Waals surface area (Å²) in [4.78, 5) is 33.1. The fourth-order valence-corrected chi connectivity index (χ4v) is 5.65. The van der Waals surface area contributed by atoms with Crippen LogP contribution < -0.4 is 15.3 Å². The summed E-state index contributed by atoms with van der Waals surface area (Å²) in [7, 11) is 0. The fraction of sp³-hybridized carbons (Fsp3) is 0.917. The van der Waals surface area contributed by atoms with Gasteiger partial charge in [-0.1, -0.05) is 139 Å². The molecule has 0 amide bonds. The van der Waals surface area contributed by atoms with Gasteiger partial charge in [0.15, 0.2) is 0 Å². The number of hydrogen-bond donors (Lipinski definition) is 0. The van der Waals surface area contributed by atoms with Gasteiger partial charge in [0.25, 0.3) is 0 Å². The van der Waals surface area contributed by atoms with Crippen LogP contribution in [0.5, 0.6) is 0 Å². The second-order valence-corrected chi connectivity index (χ2v) is 12.3. The number of aliphatic carboxylic acids is 3. The van der Waals surface area contributed by atoms with Crippen LogP contribution in [-0.2, 0) is 14.4 Å². The molecule has 0 saturated heterocycles. The van der Waals surface area contributed by atoms with Crippen molar-refractivity contribution in [1.29, 1.82) is 0 Å². The molecule has 1 radical (unpaired) electrons. The Kier molecular flexibility index (Phi) is 35.1. The summed E-state index contributed by atoms with van der Waals surface area (Å²) >= 11 is 0. The largest absolute Gasteiger partial charge is 3.00 e. The third kappa shape index (κ3) is 20.5. The van der Waals surface area contributed by atoms with E-state index in [2.05, 4.69) is 20.8 Å². The molecule has 0 aliphatic heterocycles. The maximum Gasteiger partial charge on any atom is 3.00 e. The van der Waals surface area contributed by atoms with Gasteiger partial charge in [-0.15, -0.1) is 0 Å². The number of carboxylic acids is 3. The van der Waals surface area contributed by atoms with Crippen LogP contribution in [0.2, 0.25) is 0 Å². The van der Waals surface area contributed by atoms with Gasteiger partial charge in [-0.3, -0.25) is 0 Å². The van der Waals surface area contributed by atoms with Crippen molar-refractivity contribution in [2.24, 2.45) is 16.2 Å². The van der Waals surface area contributed by atoms with Gasteiger partial charge in [-0.25, -0.2) is 0 Å². The predicted octanol–water partition coefficient (Wildman–Crippen LogP) is 7.54. The van der Waals surface area contributed by atoms with Gasteiger partial charge in [0, 0.05) is 34.2 Å². The molecule has 0 N–H and O–H groups in total. The van der Waals surface area contributed by atoms with Crippen LogP contribution in [0.3, 0.4) is 0 Å². The molecule has 0 aromatic carbocycles. The molecule has 0 aromatic heterocycles. The number of carboxylic acid groups (broad SMARTS) is 3. The van der Waals surface area contributed by atoms with Crippen LogP contribution in [0, 0.1) is 57.1 Å². The summed E-state index contributed by atoms with van der Waals surface area (Å²) in [5.41, 5.74) is -1.69. The smallest absolute Gasteiger partial charge is 0.550 e. The molecule has 43 heavy (non-hydrogen) atoms. The van der Waals surface area contributed by atoms with Crippen molar-refractivity contribution in [3.8, 4) is 0 Å². The van der Waals surface area contributed by atoms with Crippen LogP contribution in [0.25, 0.3) is 0 Å². The van der Waals surface area contributed by atoms with E-state index in [1.54, 1.807) is 0 Å². The van der Waals surface area contributed by atoms with E-state index in [4.69, 9.17) is 0 Å². The molecule has 0 bridgehead atoms. The zero-order valence-electron chi connectivity index (χ0n) is 29.8. The van der Waals surface area contributed by atoms with Crippen molar-refractivity contribution in [2.45, 2.75) is 197 Å². The van der Waals surface area contributed by atoms with Gasteiger partial charge in [0.05, 0.1) is 0 Å². The molecule has 0 atom stereocenters. The van der Waals surface area contributed by atoms with Crippen LogP contribution in [0.4, 0.5) is 0 Å². The summed E-state index contributed by atoms with van der Waals surface area (Å²) in [5.74, 6) is -2.59. The van der Waals surface area contributed by atoms with Gasteiger partial charge in [-0.05, 0) is 57.8 Å². The number of hydrogen-bond acceptors (Lipinski definition) is 6. The molecule has 0 unspecified atom stereocenters. The summed E-state index contributed by atoms with van der Waals surface area (Å²) in [6, 6.07) is 0. The molecule has 0 fully saturated rings. The molecule has 0 aliphatic carbocycles. The average molecular weight is 742 g/mol. The molecule has 0 saturated carbocycles. The third-order valence-electron chi connectivity index (χ3n) is 9.89. The Morgan fingerprint density at radius 1 is 0.372 bits per heavy atom. The van der Waals surface area contributed by atoms with E-state index in [0.717, 1.165) is 57.8 Å². The predicted molar refractivity (Wildman–Crippen MR) is 170 cm³/mol. The second kappa shape index (κ2) is 30.4. The number of unbranched alkanes of at least 4 members (excludes halogenated alkanes) is 9. The van der Waals surface area contributed by atoms with Crippen molar-refractivity contribution in [1.82, 2.24) is 0 Å². The normalized spacial score (nSPS) is 11.4. The van der Waals surface area contributed by atoms with Crippen molar-refractivity contribution in [3.05, 3.63) is 0 Å². The van der Waals surface area contributed by atoms with Gasteiger partial charge in [0.1, 0.15) is 0 Å². The zero-order valence-corrected chi connectivity index (χ0v) is 33.0. The average Bonchev–Trinajstić information content (AvgIpc) is 2.98. The molecule has 0 aliphatic rings. The monoisotopic (exact) mass is 739 g/mol. The van der Waals surface area contributed by atoms with Crippen LogP contribution in [0.15, 0.2) is 0 Å². The standard InChI is InChI=1S/3C12H24O2.Nd/c3*1-4-7-8-9-10-12(5-2,6-3)11(13)14;/h3*4-10H2,1-3H3,(H,13,14);/q;;;+3/p-3. The first-order valence-electron chi connectivity index (χ1n) is 17.5. The van der Waals surface area contributed by atoms with Crippen molar-refractivity contribution >= 4 is 17.9 Å². The molecule has 6 nitrogen and oxygen atoms in total. The van der Waals surface area contributed by atoms with Crippen molar-refractivity contribution in [3.63, 3.8) is 0 Å². The number of rotatable bonds is 24. The second-order valence-electron chi connectivity index (χ2n) is 12.3. The Hall–Kier alpha value is -0.239. The first-order chi connectivity index (χ1) is 19.9. The van der Waals surface area contributed by atoms with E-state index in [0.29, 0.717) is 38.5 Å². The first-order valence-corrected chi connectivity index (χ1v) is 17.5. The number of carbonyl (C=O) groups is 3. The molecule has 0 spiro atoms. The first kappa shape index (κ1) is 49.6. The fourth-order valence-electron chi connectivity index (χ4n) is 5.65. The summed E-state index contributed by atoms with van der Waals surface area (Å²) in [5, 5.41) is 33.1. The zero-order chi connectivity index (χ0) is 33.1. The maximum atomic E-state index is 11.0. The van der Waals surface area contributed by atoms with Crippen LogP contribution in [-0.4, -0.2) is 17.9 Å². The molecular formula is C36H69NdO6. The quantitative estimate of drug-likeness (QED) is 0.0944. The Morgan fingerprint density at radius 3 is 0.674 bits per heavy atom. The minimum absolute atomic E-state index is 0. The van der Waals surface area contributed by atoms with E-state index >= 15 is 0 Å². The van der Waals surface area contributed by atoms with Gasteiger partial charge in [-0.2, -0.15) is 0 Å². The van der Waals surface area contributed by atoms with E-state index in [-0.39, 0.29) is 40.8 Å². The van der Waals surface area contributed by atoms with E-state index < -0.39 is 34.2 Å².